The Kier molecular flexibility index (Phi) is 3.65. The maximum Gasteiger partial charge on any atom is 0.135 e. The maximum absolute atomic E-state index is 12.4. The molecule has 17 heavy (non-hydrogen) atoms. The van der Waals surface area contributed by atoms with Gasteiger partial charge in [-0.2, -0.15) is 0 Å². The minimum atomic E-state index is -1.98. The van der Waals surface area contributed by atoms with Crippen molar-refractivity contribution in [3.63, 3.8) is 0 Å². The molecule has 0 aliphatic rings. The van der Waals surface area contributed by atoms with Crippen LogP contribution in [-0.2, 0) is 4.57 Å². The zero-order valence-corrected chi connectivity index (χ0v) is 10.9. The smallest absolute Gasteiger partial charge is 0.135 e. The van der Waals surface area contributed by atoms with Gasteiger partial charge >= 0.3 is 0 Å². The Morgan fingerprint density at radius 1 is 1.00 bits per heavy atom. The van der Waals surface area contributed by atoms with E-state index in [9.17, 15) is 4.57 Å². The summed E-state index contributed by atoms with van der Waals surface area (Å²) in [5.74, 6) is 0.692. The Hall–Kier alpha value is -1.53. The lowest BCUT2D eigenvalue weighted by Gasteiger charge is -2.08. The lowest BCUT2D eigenvalue weighted by molar-refractivity contribution is 0.418. The van der Waals surface area contributed by atoms with E-state index >= 15 is 0 Å². The summed E-state index contributed by atoms with van der Waals surface area (Å²) >= 11 is 0. The van der Waals surface area contributed by atoms with Gasteiger partial charge < -0.3 is 9.30 Å². The van der Waals surface area contributed by atoms with E-state index in [1.807, 2.05) is 55.5 Å². The van der Waals surface area contributed by atoms with Crippen molar-refractivity contribution in [3.8, 4) is 5.75 Å². The molecule has 0 bridgehead atoms. The SMILES string of the molecule is COc1ccccc1[PH](=O)c1ccc(C)cc1. The molecule has 2 aromatic rings. The molecule has 0 heterocycles. The monoisotopic (exact) mass is 246 g/mol. The van der Waals surface area contributed by atoms with Crippen LogP contribution in [0.1, 0.15) is 5.56 Å². The standard InChI is InChI=1S/C14H15O2P/c1-11-7-9-12(10-8-11)17(15)14-6-4-3-5-13(14)16-2/h3-10,17H,1-2H3. The lowest BCUT2D eigenvalue weighted by Crippen LogP contribution is -2.09. The van der Waals surface area contributed by atoms with Crippen LogP contribution in [0.25, 0.3) is 0 Å². The number of methoxy groups -OCH3 is 1. The Morgan fingerprint density at radius 2 is 1.65 bits per heavy atom. The van der Waals surface area contributed by atoms with E-state index in [4.69, 9.17) is 4.74 Å². The van der Waals surface area contributed by atoms with Gasteiger partial charge in [0.25, 0.3) is 0 Å². The maximum atomic E-state index is 12.4. The third kappa shape index (κ3) is 2.59. The van der Waals surface area contributed by atoms with Crippen molar-refractivity contribution >= 4 is 18.4 Å². The molecule has 88 valence electrons. The molecular formula is C14H15O2P. The average molecular weight is 246 g/mol. The Labute approximate surface area is 102 Å². The highest BCUT2D eigenvalue weighted by molar-refractivity contribution is 7.61. The summed E-state index contributed by atoms with van der Waals surface area (Å²) in [6.07, 6.45) is 0. The van der Waals surface area contributed by atoms with E-state index < -0.39 is 7.80 Å². The van der Waals surface area contributed by atoms with Crippen LogP contribution in [-0.4, -0.2) is 7.11 Å². The van der Waals surface area contributed by atoms with Crippen LogP contribution < -0.4 is 15.3 Å². The molecule has 2 rings (SSSR count). The predicted octanol–water partition coefficient (Wildman–Crippen LogP) is 2.51. The highest BCUT2D eigenvalue weighted by atomic mass is 31.1. The van der Waals surface area contributed by atoms with Crippen LogP contribution in [0.15, 0.2) is 48.5 Å². The first-order valence-electron chi connectivity index (χ1n) is 5.47. The lowest BCUT2D eigenvalue weighted by atomic mass is 10.2. The fraction of sp³-hybridized carbons (Fsp3) is 0.143. The quantitative estimate of drug-likeness (QED) is 0.778. The summed E-state index contributed by atoms with van der Waals surface area (Å²) in [4.78, 5) is 0. The van der Waals surface area contributed by atoms with Crippen molar-refractivity contribution in [2.45, 2.75) is 6.92 Å². The number of aryl methyl sites for hydroxylation is 1. The molecule has 2 aromatic carbocycles. The fourth-order valence-corrected chi connectivity index (χ4v) is 3.13. The van der Waals surface area contributed by atoms with Crippen molar-refractivity contribution in [1.29, 1.82) is 0 Å². The largest absolute Gasteiger partial charge is 0.496 e. The van der Waals surface area contributed by atoms with Crippen molar-refractivity contribution in [3.05, 3.63) is 54.1 Å². The molecule has 0 N–H and O–H groups in total. The number of hydrogen-bond acceptors (Lipinski definition) is 2. The molecule has 0 amide bonds. The van der Waals surface area contributed by atoms with Crippen LogP contribution in [0.3, 0.4) is 0 Å². The van der Waals surface area contributed by atoms with E-state index in [0.29, 0.717) is 5.75 Å². The third-order valence-corrected chi connectivity index (χ3v) is 4.43. The molecule has 0 radical (unpaired) electrons. The third-order valence-electron chi connectivity index (χ3n) is 2.67. The van der Waals surface area contributed by atoms with Gasteiger partial charge in [-0.1, -0.05) is 42.0 Å². The molecule has 1 unspecified atom stereocenters. The molecule has 1 atom stereocenters. The van der Waals surface area contributed by atoms with Crippen molar-refractivity contribution < 1.29 is 9.30 Å². The molecule has 3 heteroatoms. The summed E-state index contributed by atoms with van der Waals surface area (Å²) in [5.41, 5.74) is 1.17. The Morgan fingerprint density at radius 3 is 2.29 bits per heavy atom. The fourth-order valence-electron chi connectivity index (χ4n) is 1.69. The van der Waals surface area contributed by atoms with Crippen LogP contribution in [0.5, 0.6) is 5.75 Å². The minimum Gasteiger partial charge on any atom is -0.496 e. The molecule has 0 saturated heterocycles. The van der Waals surface area contributed by atoms with Crippen molar-refractivity contribution in [2.75, 3.05) is 7.11 Å². The van der Waals surface area contributed by atoms with Crippen molar-refractivity contribution in [1.82, 2.24) is 0 Å². The average Bonchev–Trinajstić information content (AvgIpc) is 2.39. The van der Waals surface area contributed by atoms with Gasteiger partial charge in [-0.05, 0) is 19.1 Å². The predicted molar refractivity (Wildman–Crippen MR) is 72.4 cm³/mol. The first-order chi connectivity index (χ1) is 8.22. The van der Waals surface area contributed by atoms with Gasteiger partial charge in [0.1, 0.15) is 13.6 Å². The summed E-state index contributed by atoms with van der Waals surface area (Å²) in [7, 11) is -0.378. The molecule has 0 aliphatic heterocycles. The van der Waals surface area contributed by atoms with Crippen LogP contribution in [0.2, 0.25) is 0 Å². The second-order valence-electron chi connectivity index (χ2n) is 3.90. The van der Waals surface area contributed by atoms with Crippen LogP contribution >= 0.6 is 7.80 Å². The van der Waals surface area contributed by atoms with Gasteiger partial charge in [0.15, 0.2) is 0 Å². The molecule has 0 saturated carbocycles. The summed E-state index contributed by atoms with van der Waals surface area (Å²) in [6, 6.07) is 15.3. The summed E-state index contributed by atoms with van der Waals surface area (Å²) in [5, 5.41) is 1.65. The number of rotatable bonds is 3. The van der Waals surface area contributed by atoms with Gasteiger partial charge in [-0.15, -0.1) is 0 Å². The Bertz CT molecular complexity index is 532. The van der Waals surface area contributed by atoms with E-state index in [1.54, 1.807) is 7.11 Å². The molecular weight excluding hydrogens is 231 g/mol. The second-order valence-corrected chi connectivity index (χ2v) is 5.67. The van der Waals surface area contributed by atoms with Gasteiger partial charge in [0.2, 0.25) is 0 Å². The van der Waals surface area contributed by atoms with Crippen LogP contribution in [0.4, 0.5) is 0 Å². The first-order valence-corrected chi connectivity index (χ1v) is 6.87. The van der Waals surface area contributed by atoms with Crippen LogP contribution in [0, 0.1) is 6.92 Å². The minimum absolute atomic E-state index is 0.692. The zero-order chi connectivity index (χ0) is 12.3. The molecule has 0 spiro atoms. The second kappa shape index (κ2) is 5.20. The number of benzene rings is 2. The number of hydrogen-bond donors (Lipinski definition) is 0. The van der Waals surface area contributed by atoms with E-state index in [1.165, 1.54) is 5.56 Å². The van der Waals surface area contributed by atoms with Gasteiger partial charge in [0, 0.05) is 5.30 Å². The topological polar surface area (TPSA) is 26.3 Å². The van der Waals surface area contributed by atoms with Gasteiger partial charge in [-0.3, -0.25) is 0 Å². The zero-order valence-electron chi connectivity index (χ0n) is 9.94. The highest BCUT2D eigenvalue weighted by Crippen LogP contribution is 2.25. The summed E-state index contributed by atoms with van der Waals surface area (Å²) < 4.78 is 17.7. The number of ether oxygens (including phenoxy) is 1. The molecule has 0 fully saturated rings. The van der Waals surface area contributed by atoms with Crippen molar-refractivity contribution in [2.24, 2.45) is 0 Å². The molecule has 0 aliphatic carbocycles. The molecule has 2 nitrogen and oxygen atoms in total. The molecule has 0 aromatic heterocycles. The van der Waals surface area contributed by atoms with E-state index in [-0.39, 0.29) is 0 Å². The van der Waals surface area contributed by atoms with E-state index in [2.05, 4.69) is 0 Å². The normalized spacial score (nSPS) is 12.1. The summed E-state index contributed by atoms with van der Waals surface area (Å²) in [6.45, 7) is 2.02. The Balaban J connectivity index is 2.40. The first kappa shape index (κ1) is 11.9. The van der Waals surface area contributed by atoms with Gasteiger partial charge in [0.05, 0.1) is 12.4 Å². The van der Waals surface area contributed by atoms with E-state index in [0.717, 1.165) is 10.6 Å². The highest BCUT2D eigenvalue weighted by Gasteiger charge is 2.11. The van der Waals surface area contributed by atoms with Gasteiger partial charge in [-0.25, -0.2) is 0 Å². The number of para-hydroxylation sites is 1.